The highest BCUT2D eigenvalue weighted by atomic mass is 16.3. The molecule has 1 aliphatic carbocycles. The minimum Gasteiger partial charge on any atom is -0.508 e. The molecule has 0 spiro atoms. The third kappa shape index (κ3) is 1.88. The van der Waals surface area contributed by atoms with Crippen molar-refractivity contribution in [2.24, 2.45) is 5.73 Å². The van der Waals surface area contributed by atoms with Gasteiger partial charge < -0.3 is 10.8 Å². The van der Waals surface area contributed by atoms with Crippen molar-refractivity contribution in [2.45, 2.75) is 31.2 Å². The maximum atomic E-state index is 11.1. The Hall–Kier alpha value is -1.35. The number of Topliss-reactive ketones (excluding diaryl/α,β-unsaturated/α-hetero) is 1. The second kappa shape index (κ2) is 3.66. The SMILES string of the molecule is NC1(c2ccccc2O)CCC(=O)CC1. The van der Waals surface area contributed by atoms with Crippen LogP contribution in [0.25, 0.3) is 0 Å². The summed E-state index contributed by atoms with van der Waals surface area (Å²) in [7, 11) is 0. The normalized spacial score (nSPS) is 20.2. The Morgan fingerprint density at radius 3 is 2.40 bits per heavy atom. The zero-order valence-corrected chi connectivity index (χ0v) is 8.57. The van der Waals surface area contributed by atoms with Gasteiger partial charge in [0.15, 0.2) is 0 Å². The van der Waals surface area contributed by atoms with Crippen molar-refractivity contribution in [3.05, 3.63) is 29.8 Å². The molecule has 15 heavy (non-hydrogen) atoms. The number of rotatable bonds is 1. The molecule has 0 radical (unpaired) electrons. The largest absolute Gasteiger partial charge is 0.508 e. The molecule has 0 saturated heterocycles. The van der Waals surface area contributed by atoms with Crippen molar-refractivity contribution in [3.8, 4) is 5.75 Å². The summed E-state index contributed by atoms with van der Waals surface area (Å²) in [6.45, 7) is 0. The zero-order chi connectivity index (χ0) is 10.9. The van der Waals surface area contributed by atoms with E-state index in [1.54, 1.807) is 12.1 Å². The van der Waals surface area contributed by atoms with Crippen LogP contribution >= 0.6 is 0 Å². The van der Waals surface area contributed by atoms with Crippen LogP contribution < -0.4 is 5.73 Å². The van der Waals surface area contributed by atoms with Gasteiger partial charge in [-0.15, -0.1) is 0 Å². The Morgan fingerprint density at radius 1 is 1.20 bits per heavy atom. The Kier molecular flexibility index (Phi) is 2.49. The number of hydrogen-bond acceptors (Lipinski definition) is 3. The fourth-order valence-corrected chi connectivity index (χ4v) is 2.14. The third-order valence-corrected chi connectivity index (χ3v) is 3.14. The summed E-state index contributed by atoms with van der Waals surface area (Å²) in [5.74, 6) is 0.501. The Balaban J connectivity index is 2.30. The smallest absolute Gasteiger partial charge is 0.133 e. The van der Waals surface area contributed by atoms with Crippen molar-refractivity contribution in [2.75, 3.05) is 0 Å². The molecule has 0 aliphatic heterocycles. The molecule has 1 fully saturated rings. The number of benzene rings is 1. The minimum absolute atomic E-state index is 0.231. The predicted molar refractivity (Wildman–Crippen MR) is 57.4 cm³/mol. The number of carbonyl (C=O) groups excluding carboxylic acids is 1. The molecule has 2 rings (SSSR count). The van der Waals surface area contributed by atoms with E-state index in [0.29, 0.717) is 25.7 Å². The van der Waals surface area contributed by atoms with Crippen molar-refractivity contribution < 1.29 is 9.90 Å². The summed E-state index contributed by atoms with van der Waals surface area (Å²) in [5, 5.41) is 9.73. The quantitative estimate of drug-likeness (QED) is 0.733. The first-order valence-electron chi connectivity index (χ1n) is 5.21. The van der Waals surface area contributed by atoms with E-state index >= 15 is 0 Å². The van der Waals surface area contributed by atoms with E-state index < -0.39 is 5.54 Å². The van der Waals surface area contributed by atoms with Crippen molar-refractivity contribution >= 4 is 5.78 Å². The Bertz CT molecular complexity index is 377. The molecule has 0 amide bonds. The topological polar surface area (TPSA) is 63.3 Å². The van der Waals surface area contributed by atoms with Crippen molar-refractivity contribution in [1.29, 1.82) is 0 Å². The number of hydrogen-bond donors (Lipinski definition) is 2. The lowest BCUT2D eigenvalue weighted by Crippen LogP contribution is -2.40. The van der Waals surface area contributed by atoms with Crippen molar-refractivity contribution in [1.82, 2.24) is 0 Å². The van der Waals surface area contributed by atoms with Gasteiger partial charge in [0, 0.05) is 23.9 Å². The summed E-state index contributed by atoms with van der Waals surface area (Å²) < 4.78 is 0. The van der Waals surface area contributed by atoms with Crippen molar-refractivity contribution in [3.63, 3.8) is 0 Å². The van der Waals surface area contributed by atoms with Gasteiger partial charge in [-0.2, -0.15) is 0 Å². The van der Waals surface area contributed by atoms with Gasteiger partial charge in [-0.25, -0.2) is 0 Å². The third-order valence-electron chi connectivity index (χ3n) is 3.14. The van der Waals surface area contributed by atoms with Gasteiger partial charge in [0.05, 0.1) is 0 Å². The van der Waals surface area contributed by atoms with E-state index in [9.17, 15) is 9.90 Å². The highest BCUT2D eigenvalue weighted by Gasteiger charge is 2.34. The first-order valence-corrected chi connectivity index (χ1v) is 5.21. The molecule has 0 aromatic heterocycles. The molecule has 0 heterocycles. The number of phenolic OH excluding ortho intramolecular Hbond substituents is 1. The van der Waals surface area contributed by atoms with E-state index in [0.717, 1.165) is 5.56 Å². The van der Waals surface area contributed by atoms with E-state index in [2.05, 4.69) is 0 Å². The van der Waals surface area contributed by atoms with Gasteiger partial charge >= 0.3 is 0 Å². The molecule has 3 N–H and O–H groups in total. The highest BCUT2D eigenvalue weighted by Crippen LogP contribution is 2.37. The van der Waals surface area contributed by atoms with Crippen LogP contribution in [-0.2, 0) is 10.3 Å². The van der Waals surface area contributed by atoms with Crippen LogP contribution in [0.2, 0.25) is 0 Å². The maximum absolute atomic E-state index is 11.1. The maximum Gasteiger partial charge on any atom is 0.133 e. The molecule has 1 aliphatic rings. The number of para-hydroxylation sites is 1. The average Bonchev–Trinajstić information content (AvgIpc) is 2.23. The van der Waals surface area contributed by atoms with E-state index in [1.165, 1.54) is 0 Å². The fraction of sp³-hybridized carbons (Fsp3) is 0.417. The summed E-state index contributed by atoms with van der Waals surface area (Å²) in [6.07, 6.45) is 2.29. The molecule has 3 nitrogen and oxygen atoms in total. The molecule has 3 heteroatoms. The summed E-state index contributed by atoms with van der Waals surface area (Å²) in [5.41, 5.74) is 6.46. The van der Waals surface area contributed by atoms with Crippen LogP contribution in [0.5, 0.6) is 5.75 Å². The average molecular weight is 205 g/mol. The van der Waals surface area contributed by atoms with E-state index in [4.69, 9.17) is 5.73 Å². The van der Waals surface area contributed by atoms with Crippen LogP contribution in [-0.4, -0.2) is 10.9 Å². The zero-order valence-electron chi connectivity index (χ0n) is 8.57. The summed E-state index contributed by atoms with van der Waals surface area (Å²) in [6, 6.07) is 7.11. The number of aromatic hydroxyl groups is 1. The van der Waals surface area contributed by atoms with Gasteiger partial charge in [0.2, 0.25) is 0 Å². The van der Waals surface area contributed by atoms with E-state index in [1.807, 2.05) is 12.1 Å². The molecule has 0 bridgehead atoms. The first-order chi connectivity index (χ1) is 7.12. The summed E-state index contributed by atoms with van der Waals surface area (Å²) >= 11 is 0. The number of carbonyl (C=O) groups is 1. The second-order valence-electron chi connectivity index (χ2n) is 4.21. The Labute approximate surface area is 88.9 Å². The molecular formula is C12H15NO2. The molecule has 1 aromatic carbocycles. The van der Waals surface area contributed by atoms with Crippen LogP contribution in [0, 0.1) is 0 Å². The molecule has 0 unspecified atom stereocenters. The molecule has 1 aromatic rings. The van der Waals surface area contributed by atoms with E-state index in [-0.39, 0.29) is 11.5 Å². The molecule has 80 valence electrons. The fourth-order valence-electron chi connectivity index (χ4n) is 2.14. The van der Waals surface area contributed by atoms with Gasteiger partial charge in [-0.1, -0.05) is 18.2 Å². The number of nitrogens with two attached hydrogens (primary N) is 1. The highest BCUT2D eigenvalue weighted by molar-refractivity contribution is 5.79. The summed E-state index contributed by atoms with van der Waals surface area (Å²) in [4.78, 5) is 11.1. The predicted octanol–water partition coefficient (Wildman–Crippen LogP) is 1.69. The molecule has 0 atom stereocenters. The van der Waals surface area contributed by atoms with Crippen LogP contribution in [0.4, 0.5) is 0 Å². The number of phenols is 1. The van der Waals surface area contributed by atoms with Crippen LogP contribution in [0.1, 0.15) is 31.2 Å². The lowest BCUT2D eigenvalue weighted by molar-refractivity contribution is -0.121. The lowest BCUT2D eigenvalue weighted by atomic mass is 9.77. The minimum atomic E-state index is -0.529. The molecular weight excluding hydrogens is 190 g/mol. The molecule has 1 saturated carbocycles. The van der Waals surface area contributed by atoms with Gasteiger partial charge in [0.1, 0.15) is 11.5 Å². The van der Waals surface area contributed by atoms with Gasteiger partial charge in [-0.3, -0.25) is 4.79 Å². The van der Waals surface area contributed by atoms with Gasteiger partial charge in [0.25, 0.3) is 0 Å². The Morgan fingerprint density at radius 2 is 1.80 bits per heavy atom. The first kappa shape index (κ1) is 10.2. The number of ketones is 1. The standard InChI is InChI=1S/C12H15NO2/c13-12(7-5-9(14)6-8-12)10-3-1-2-4-11(10)15/h1-4,15H,5-8,13H2. The van der Waals surface area contributed by atoms with Crippen LogP contribution in [0.3, 0.4) is 0 Å². The second-order valence-corrected chi connectivity index (χ2v) is 4.21. The van der Waals surface area contributed by atoms with Gasteiger partial charge in [-0.05, 0) is 18.9 Å². The monoisotopic (exact) mass is 205 g/mol. The van der Waals surface area contributed by atoms with Crippen LogP contribution in [0.15, 0.2) is 24.3 Å². The lowest BCUT2D eigenvalue weighted by Gasteiger charge is -2.33.